The van der Waals surface area contributed by atoms with Crippen molar-refractivity contribution in [2.24, 2.45) is 5.92 Å². The van der Waals surface area contributed by atoms with Crippen LogP contribution in [0.4, 0.5) is 0 Å². The Morgan fingerprint density at radius 2 is 2.33 bits per heavy atom. The topological polar surface area (TPSA) is 24.9 Å². The maximum atomic E-state index is 4.32. The molecule has 1 aromatic rings. The summed E-state index contributed by atoms with van der Waals surface area (Å²) in [5, 5.41) is 3.64. The minimum Gasteiger partial charge on any atom is -0.313 e. The van der Waals surface area contributed by atoms with Crippen molar-refractivity contribution in [3.05, 3.63) is 30.1 Å². The molecule has 1 saturated carbocycles. The van der Waals surface area contributed by atoms with E-state index in [0.29, 0.717) is 0 Å². The highest BCUT2D eigenvalue weighted by atomic mass is 14.9. The van der Waals surface area contributed by atoms with Gasteiger partial charge >= 0.3 is 0 Å². The van der Waals surface area contributed by atoms with Gasteiger partial charge in [0.2, 0.25) is 0 Å². The first-order chi connectivity index (χ1) is 7.36. The van der Waals surface area contributed by atoms with E-state index in [1.165, 1.54) is 25.0 Å². The molecule has 1 aliphatic carbocycles. The van der Waals surface area contributed by atoms with Gasteiger partial charge in [0, 0.05) is 30.9 Å². The molecular weight excluding hydrogens is 184 g/mol. The van der Waals surface area contributed by atoms with Crippen LogP contribution in [0.2, 0.25) is 0 Å². The minimum atomic E-state index is 0.744. The van der Waals surface area contributed by atoms with E-state index in [2.05, 4.69) is 29.4 Å². The van der Waals surface area contributed by atoms with Gasteiger partial charge in [-0.2, -0.15) is 0 Å². The van der Waals surface area contributed by atoms with E-state index >= 15 is 0 Å². The number of rotatable bonds is 4. The summed E-state index contributed by atoms with van der Waals surface area (Å²) in [4.78, 5) is 4.32. The van der Waals surface area contributed by atoms with Crippen LogP contribution in [0.3, 0.4) is 0 Å². The normalized spacial score (nSPS) is 25.7. The third kappa shape index (κ3) is 3.03. The fourth-order valence-corrected chi connectivity index (χ4v) is 2.38. The zero-order valence-corrected chi connectivity index (χ0v) is 9.45. The van der Waals surface area contributed by atoms with Crippen LogP contribution in [0.25, 0.3) is 0 Å². The van der Waals surface area contributed by atoms with Crippen LogP contribution in [0.5, 0.6) is 0 Å². The average Bonchev–Trinajstić information content (AvgIpc) is 2.66. The highest BCUT2D eigenvalue weighted by Crippen LogP contribution is 2.24. The average molecular weight is 204 g/mol. The molecule has 0 unspecified atom stereocenters. The third-order valence-electron chi connectivity index (χ3n) is 3.38. The monoisotopic (exact) mass is 204 g/mol. The summed E-state index contributed by atoms with van der Waals surface area (Å²) in [6, 6.07) is 6.87. The molecule has 0 spiro atoms. The maximum absolute atomic E-state index is 4.32. The highest BCUT2D eigenvalue weighted by molar-refractivity contribution is 5.03. The third-order valence-corrected chi connectivity index (χ3v) is 3.38. The van der Waals surface area contributed by atoms with Crippen molar-refractivity contribution in [2.75, 3.05) is 6.54 Å². The summed E-state index contributed by atoms with van der Waals surface area (Å²) < 4.78 is 0. The second-order valence-corrected chi connectivity index (χ2v) is 4.54. The van der Waals surface area contributed by atoms with Crippen LogP contribution >= 0.6 is 0 Å². The van der Waals surface area contributed by atoms with Crippen molar-refractivity contribution >= 4 is 0 Å². The molecule has 82 valence electrons. The van der Waals surface area contributed by atoms with Crippen molar-refractivity contribution in [2.45, 2.75) is 38.6 Å². The van der Waals surface area contributed by atoms with Crippen LogP contribution in [0, 0.1) is 5.92 Å². The number of aromatic nitrogens is 1. The Bertz CT molecular complexity index is 284. The second kappa shape index (κ2) is 5.26. The lowest BCUT2D eigenvalue weighted by atomic mass is 10.1. The van der Waals surface area contributed by atoms with Crippen LogP contribution < -0.4 is 5.32 Å². The molecule has 0 amide bonds. The van der Waals surface area contributed by atoms with E-state index in [0.717, 1.165) is 24.9 Å². The molecule has 2 heteroatoms. The van der Waals surface area contributed by atoms with E-state index in [9.17, 15) is 0 Å². The van der Waals surface area contributed by atoms with E-state index in [4.69, 9.17) is 0 Å². The molecule has 1 aliphatic rings. The Morgan fingerprint density at radius 3 is 3.00 bits per heavy atom. The molecule has 0 aliphatic heterocycles. The molecule has 0 saturated heterocycles. The Hall–Kier alpha value is -0.890. The molecule has 1 fully saturated rings. The molecule has 0 bridgehead atoms. The van der Waals surface area contributed by atoms with Crippen LogP contribution in [-0.4, -0.2) is 17.6 Å². The molecule has 0 radical (unpaired) electrons. The van der Waals surface area contributed by atoms with Gasteiger partial charge in [-0.3, -0.25) is 4.98 Å². The van der Waals surface area contributed by atoms with E-state index < -0.39 is 0 Å². The Balaban J connectivity index is 1.71. The maximum Gasteiger partial charge on any atom is 0.0416 e. The predicted molar refractivity (Wildman–Crippen MR) is 62.7 cm³/mol. The Kier molecular flexibility index (Phi) is 3.73. The lowest BCUT2D eigenvalue weighted by Crippen LogP contribution is -2.32. The number of hydrogen-bond donors (Lipinski definition) is 1. The van der Waals surface area contributed by atoms with Crippen molar-refractivity contribution in [3.8, 4) is 0 Å². The van der Waals surface area contributed by atoms with Gasteiger partial charge in [-0.15, -0.1) is 0 Å². The first-order valence-electron chi connectivity index (χ1n) is 5.99. The Labute approximate surface area is 92.1 Å². The van der Waals surface area contributed by atoms with Crippen LogP contribution in [0.15, 0.2) is 24.4 Å². The van der Waals surface area contributed by atoms with E-state index in [1.54, 1.807) is 0 Å². The zero-order chi connectivity index (χ0) is 10.5. The molecule has 2 nitrogen and oxygen atoms in total. The van der Waals surface area contributed by atoms with Gasteiger partial charge in [0.15, 0.2) is 0 Å². The predicted octanol–water partition coefficient (Wildman–Crippen LogP) is 2.40. The van der Waals surface area contributed by atoms with Gasteiger partial charge < -0.3 is 5.32 Å². The summed E-state index contributed by atoms with van der Waals surface area (Å²) in [7, 11) is 0. The van der Waals surface area contributed by atoms with Gasteiger partial charge in [-0.1, -0.05) is 19.4 Å². The van der Waals surface area contributed by atoms with Gasteiger partial charge in [0.25, 0.3) is 0 Å². The zero-order valence-electron chi connectivity index (χ0n) is 9.45. The Morgan fingerprint density at radius 1 is 1.40 bits per heavy atom. The quantitative estimate of drug-likeness (QED) is 0.814. The number of nitrogens with zero attached hydrogens (tertiary/aromatic N) is 1. The SMILES string of the molecule is C[C@H]1CCC[C@H]1NCCc1ccccn1. The fourth-order valence-electron chi connectivity index (χ4n) is 2.38. The highest BCUT2D eigenvalue weighted by Gasteiger charge is 2.21. The number of hydrogen-bond acceptors (Lipinski definition) is 2. The first-order valence-corrected chi connectivity index (χ1v) is 5.99. The number of pyridine rings is 1. The van der Waals surface area contributed by atoms with Gasteiger partial charge in [0.1, 0.15) is 0 Å². The molecule has 0 aromatic carbocycles. The van der Waals surface area contributed by atoms with Crippen molar-refractivity contribution in [3.63, 3.8) is 0 Å². The fraction of sp³-hybridized carbons (Fsp3) is 0.615. The van der Waals surface area contributed by atoms with Gasteiger partial charge in [-0.25, -0.2) is 0 Å². The van der Waals surface area contributed by atoms with Crippen molar-refractivity contribution in [1.29, 1.82) is 0 Å². The second-order valence-electron chi connectivity index (χ2n) is 4.54. The van der Waals surface area contributed by atoms with Crippen LogP contribution in [-0.2, 0) is 6.42 Å². The molecule has 2 atom stereocenters. The van der Waals surface area contributed by atoms with E-state index in [1.807, 2.05) is 12.3 Å². The summed E-state index contributed by atoms with van der Waals surface area (Å²) >= 11 is 0. The van der Waals surface area contributed by atoms with E-state index in [-0.39, 0.29) is 0 Å². The van der Waals surface area contributed by atoms with Crippen molar-refractivity contribution < 1.29 is 0 Å². The van der Waals surface area contributed by atoms with Crippen molar-refractivity contribution in [1.82, 2.24) is 10.3 Å². The molecule has 1 aromatic heterocycles. The first kappa shape index (κ1) is 10.6. The largest absolute Gasteiger partial charge is 0.313 e. The standard InChI is InChI=1S/C13H20N2/c1-11-5-4-7-13(11)15-10-8-12-6-2-3-9-14-12/h2-3,6,9,11,13,15H,4-5,7-8,10H2,1H3/t11-,13+/m0/s1. The molecule has 15 heavy (non-hydrogen) atoms. The molecule has 1 heterocycles. The molecule has 2 rings (SSSR count). The number of nitrogens with one attached hydrogen (secondary N) is 1. The molecule has 1 N–H and O–H groups in total. The van der Waals surface area contributed by atoms with Gasteiger partial charge in [-0.05, 0) is 30.9 Å². The summed E-state index contributed by atoms with van der Waals surface area (Å²) in [5.41, 5.74) is 1.19. The summed E-state index contributed by atoms with van der Waals surface area (Å²) in [5.74, 6) is 0.855. The smallest absolute Gasteiger partial charge is 0.0416 e. The summed E-state index contributed by atoms with van der Waals surface area (Å²) in [6.07, 6.45) is 7.05. The van der Waals surface area contributed by atoms with Crippen LogP contribution in [0.1, 0.15) is 31.9 Å². The lowest BCUT2D eigenvalue weighted by molar-refractivity contribution is 0.429. The summed E-state index contributed by atoms with van der Waals surface area (Å²) in [6.45, 7) is 3.41. The lowest BCUT2D eigenvalue weighted by Gasteiger charge is -2.16. The minimum absolute atomic E-state index is 0.744. The molecular formula is C13H20N2. The van der Waals surface area contributed by atoms with Gasteiger partial charge in [0.05, 0.1) is 0 Å².